The van der Waals surface area contributed by atoms with Crippen LogP contribution in [0.25, 0.3) is 22.5 Å². The average Bonchev–Trinajstić information content (AvgIpc) is 4.07. The number of ether oxygens (including phenoxy) is 2. The zero-order valence-electron chi connectivity index (χ0n) is 32.3. The van der Waals surface area contributed by atoms with E-state index < -0.39 is 33.2 Å². The molecule has 0 aliphatic carbocycles. The van der Waals surface area contributed by atoms with Crippen molar-refractivity contribution in [2.75, 3.05) is 24.0 Å². The van der Waals surface area contributed by atoms with Gasteiger partial charge in [-0.05, 0) is 59.4 Å². The molecule has 0 radical (unpaired) electrons. The number of carboxylic acid groups (broad SMARTS) is 2. The molecule has 2 aliphatic rings. The Morgan fingerprint density at radius 2 is 0.950 bits per heavy atom. The molecule has 2 N–H and O–H groups in total. The van der Waals surface area contributed by atoms with Crippen molar-refractivity contribution in [1.29, 1.82) is 0 Å². The number of carbonyl (C=O) groups is 4. The van der Waals surface area contributed by atoms with Gasteiger partial charge in [0.1, 0.15) is 22.2 Å². The Hall–Kier alpha value is -5.68. The third-order valence-electron chi connectivity index (χ3n) is 10.2. The molecule has 4 atom stereocenters. The number of carboxylic acids is 2. The van der Waals surface area contributed by atoms with E-state index in [1.807, 2.05) is 83.6 Å². The number of hydrogen-bond donors (Lipinski definition) is 2. The van der Waals surface area contributed by atoms with E-state index in [9.17, 15) is 29.4 Å². The molecule has 0 bridgehead atoms. The number of aryl methyl sites for hydroxylation is 2. The molecular formula is C44H38N4O8S4. The molecule has 0 unspecified atom stereocenters. The molecule has 8 rings (SSSR count). The number of methoxy groups -OCH3 is 2. The van der Waals surface area contributed by atoms with Crippen LogP contribution in [0, 0.1) is 0 Å². The van der Waals surface area contributed by atoms with Crippen molar-refractivity contribution in [1.82, 2.24) is 9.97 Å². The van der Waals surface area contributed by atoms with Gasteiger partial charge in [0.2, 0.25) is 11.8 Å². The van der Waals surface area contributed by atoms with Crippen molar-refractivity contribution in [2.45, 2.75) is 46.9 Å². The summed E-state index contributed by atoms with van der Waals surface area (Å²) in [6, 6.07) is 31.3. The summed E-state index contributed by atoms with van der Waals surface area (Å²) in [6.45, 7) is 0. The molecule has 2 aliphatic heterocycles. The predicted octanol–water partition coefficient (Wildman–Crippen LogP) is 8.98. The van der Waals surface area contributed by atoms with Crippen molar-refractivity contribution in [3.05, 3.63) is 130 Å². The first-order valence-corrected chi connectivity index (χ1v) is 22.5. The maximum atomic E-state index is 13.5. The smallest absolute Gasteiger partial charge is 0.305 e. The molecule has 12 nitrogen and oxygen atoms in total. The largest absolute Gasteiger partial charge is 0.497 e. The number of amides is 2. The molecule has 4 heterocycles. The Bertz CT molecular complexity index is 2330. The van der Waals surface area contributed by atoms with Gasteiger partial charge >= 0.3 is 11.9 Å². The Labute approximate surface area is 362 Å². The number of carbonyl (C=O) groups excluding carboxylic acids is 2. The van der Waals surface area contributed by atoms with Crippen LogP contribution < -0.4 is 19.3 Å². The van der Waals surface area contributed by atoms with Gasteiger partial charge in [-0.3, -0.25) is 29.0 Å². The van der Waals surface area contributed by atoms with Crippen LogP contribution in [-0.2, 0) is 32.0 Å². The highest BCUT2D eigenvalue weighted by Gasteiger charge is 2.45. The molecule has 2 fully saturated rings. The number of thioether (sulfide) groups is 2. The number of aromatic nitrogens is 2. The van der Waals surface area contributed by atoms with Crippen LogP contribution in [0.4, 0.5) is 10.3 Å². The van der Waals surface area contributed by atoms with Gasteiger partial charge < -0.3 is 19.7 Å². The van der Waals surface area contributed by atoms with Crippen LogP contribution >= 0.6 is 46.2 Å². The Balaban J connectivity index is 0.914. The minimum atomic E-state index is -1.02. The standard InChI is InChI=1S/C44H38N4O8S4/c1-55-31-17-13-29(14-18-31)41-47(39(53)35(59-41)21-37(49)50)43-45-33(23-57-43)27-9-5-25(6-10-27)3-4-26-7-11-28(12-8-26)34-24-58-44(46-34)48-40(54)36(22-38(51)52)60-42(48)30-15-19-32(56-2)20-16-30/h5-20,23-24,35-36,41-42H,3-4,21-22H2,1-2H3,(H,49,50)(H,51,52)/t35-,36-,41-,42-/m1/s1. The summed E-state index contributed by atoms with van der Waals surface area (Å²) in [6.07, 6.45) is 1.10. The lowest BCUT2D eigenvalue weighted by atomic mass is 10.0. The average molecular weight is 879 g/mol. The van der Waals surface area contributed by atoms with Crippen LogP contribution in [0.15, 0.2) is 108 Å². The number of hydrogen-bond acceptors (Lipinski definition) is 12. The third-order valence-corrected chi connectivity index (χ3v) is 14.8. The lowest BCUT2D eigenvalue weighted by Crippen LogP contribution is -2.31. The van der Waals surface area contributed by atoms with Gasteiger partial charge in [-0.1, -0.05) is 72.8 Å². The van der Waals surface area contributed by atoms with E-state index >= 15 is 0 Å². The van der Waals surface area contributed by atoms with Crippen LogP contribution in [0.2, 0.25) is 0 Å². The maximum absolute atomic E-state index is 13.5. The molecule has 2 amide bonds. The quantitative estimate of drug-likeness (QED) is 0.101. The van der Waals surface area contributed by atoms with Gasteiger partial charge in [-0.25, -0.2) is 9.97 Å². The van der Waals surface area contributed by atoms with Crippen molar-refractivity contribution in [3.8, 4) is 34.0 Å². The summed E-state index contributed by atoms with van der Waals surface area (Å²) < 4.78 is 10.6. The summed E-state index contributed by atoms with van der Waals surface area (Å²) in [4.78, 5) is 63.1. The van der Waals surface area contributed by atoms with Crippen molar-refractivity contribution < 1.29 is 38.9 Å². The van der Waals surface area contributed by atoms with Crippen molar-refractivity contribution in [2.24, 2.45) is 0 Å². The van der Waals surface area contributed by atoms with Gasteiger partial charge in [-0.15, -0.1) is 46.2 Å². The molecule has 0 saturated carbocycles. The third kappa shape index (κ3) is 8.77. The molecule has 4 aromatic carbocycles. The minimum Gasteiger partial charge on any atom is -0.497 e. The normalized spacial score (nSPS) is 18.9. The van der Waals surface area contributed by atoms with Crippen LogP contribution in [0.3, 0.4) is 0 Å². The van der Waals surface area contributed by atoms with E-state index in [1.54, 1.807) is 24.0 Å². The number of rotatable bonds is 15. The molecule has 6 aromatic rings. The van der Waals surface area contributed by atoms with E-state index in [1.165, 1.54) is 46.2 Å². The van der Waals surface area contributed by atoms with Gasteiger partial charge in [0.25, 0.3) is 0 Å². The first-order valence-electron chi connectivity index (χ1n) is 18.9. The summed E-state index contributed by atoms with van der Waals surface area (Å²) in [5, 5.41) is 21.5. The molecule has 2 aromatic heterocycles. The first kappa shape index (κ1) is 41.1. The molecule has 306 valence electrons. The number of anilines is 2. The SMILES string of the molecule is COc1ccc([C@H]2S[C@H](CC(=O)O)C(=O)N2c2nc(-c3ccc(CCc4ccc(-c5csc(N6C(=O)[C@@H](CC(=O)O)S[C@@H]6c6ccc(OC)cc6)n5)cc4)cc3)cs2)cc1. The first-order chi connectivity index (χ1) is 29.1. The topological polar surface area (TPSA) is 159 Å². The second kappa shape index (κ2) is 17.9. The number of benzene rings is 4. The Morgan fingerprint density at radius 3 is 1.28 bits per heavy atom. The summed E-state index contributed by atoms with van der Waals surface area (Å²) in [7, 11) is 3.18. The fraction of sp³-hybridized carbons (Fsp3) is 0.227. The van der Waals surface area contributed by atoms with Crippen LogP contribution in [0.1, 0.15) is 45.8 Å². The molecular weight excluding hydrogens is 841 g/mol. The van der Waals surface area contributed by atoms with Gasteiger partial charge in [-0.2, -0.15) is 0 Å². The lowest BCUT2D eigenvalue weighted by Gasteiger charge is -2.21. The van der Waals surface area contributed by atoms with E-state index in [2.05, 4.69) is 24.3 Å². The number of aliphatic carboxylic acids is 2. The van der Waals surface area contributed by atoms with E-state index in [0.29, 0.717) is 21.8 Å². The maximum Gasteiger partial charge on any atom is 0.305 e. The van der Waals surface area contributed by atoms with Gasteiger partial charge in [0, 0.05) is 21.9 Å². The fourth-order valence-electron chi connectivity index (χ4n) is 7.05. The predicted molar refractivity (Wildman–Crippen MR) is 236 cm³/mol. The highest BCUT2D eigenvalue weighted by atomic mass is 32.2. The number of nitrogens with zero attached hydrogens (tertiary/aromatic N) is 4. The van der Waals surface area contributed by atoms with E-state index in [-0.39, 0.29) is 24.7 Å². The second-order valence-corrected chi connectivity index (χ2v) is 18.3. The van der Waals surface area contributed by atoms with Gasteiger partial charge in [0.05, 0.1) is 48.9 Å². The Morgan fingerprint density at radius 1 is 0.583 bits per heavy atom. The number of thiazole rings is 2. The van der Waals surface area contributed by atoms with Crippen molar-refractivity contribution in [3.63, 3.8) is 0 Å². The molecule has 16 heteroatoms. The Kier molecular flexibility index (Phi) is 12.2. The zero-order valence-corrected chi connectivity index (χ0v) is 35.6. The molecule has 2 saturated heterocycles. The monoisotopic (exact) mass is 878 g/mol. The fourth-order valence-corrected chi connectivity index (χ4v) is 11.8. The van der Waals surface area contributed by atoms with Gasteiger partial charge in [0.15, 0.2) is 10.3 Å². The highest BCUT2D eigenvalue weighted by Crippen LogP contribution is 2.49. The summed E-state index contributed by atoms with van der Waals surface area (Å²) in [5.41, 5.74) is 7.33. The minimum absolute atomic E-state index is 0.267. The second-order valence-electron chi connectivity index (χ2n) is 14.0. The highest BCUT2D eigenvalue weighted by molar-refractivity contribution is 8.01. The molecule has 60 heavy (non-hydrogen) atoms. The van der Waals surface area contributed by atoms with E-state index in [4.69, 9.17) is 19.4 Å². The molecule has 0 spiro atoms. The summed E-state index contributed by atoms with van der Waals surface area (Å²) in [5.74, 6) is -1.21. The lowest BCUT2D eigenvalue weighted by molar-refractivity contribution is -0.138. The van der Waals surface area contributed by atoms with Crippen LogP contribution in [0.5, 0.6) is 11.5 Å². The van der Waals surface area contributed by atoms with Crippen LogP contribution in [-0.4, -0.2) is 68.7 Å². The summed E-state index contributed by atoms with van der Waals surface area (Å²) >= 11 is 5.35. The van der Waals surface area contributed by atoms with E-state index in [0.717, 1.165) is 57.6 Å². The van der Waals surface area contributed by atoms with Crippen molar-refractivity contribution >= 4 is 80.2 Å². The zero-order chi connectivity index (χ0) is 41.9.